The molecular formula is C26H42O2. The second-order valence-electron chi connectivity index (χ2n) is 6.79. The number of ether oxygens (including phenoxy) is 1. The highest BCUT2D eigenvalue weighted by molar-refractivity contribution is 5.82. The first-order valence-corrected chi connectivity index (χ1v) is 11.1. The summed E-state index contributed by atoms with van der Waals surface area (Å²) in [6.07, 6.45) is 31.7. The highest BCUT2D eigenvalue weighted by Gasteiger charge is 2.13. The molecular weight excluding hydrogens is 344 g/mol. The van der Waals surface area contributed by atoms with Crippen molar-refractivity contribution in [1.29, 1.82) is 0 Å². The van der Waals surface area contributed by atoms with Gasteiger partial charge < -0.3 is 4.74 Å². The van der Waals surface area contributed by atoms with Gasteiger partial charge in [0.15, 0.2) is 5.78 Å². The van der Waals surface area contributed by atoms with Gasteiger partial charge in [-0.15, -0.1) is 0 Å². The molecule has 0 aromatic rings. The number of allylic oxidation sites excluding steroid dienone is 10. The Morgan fingerprint density at radius 3 is 1.68 bits per heavy atom. The van der Waals surface area contributed by atoms with Crippen LogP contribution in [0.3, 0.4) is 0 Å². The van der Waals surface area contributed by atoms with E-state index in [4.69, 9.17) is 4.74 Å². The molecule has 0 aliphatic carbocycles. The van der Waals surface area contributed by atoms with Crippen molar-refractivity contribution in [2.45, 2.75) is 91.1 Å². The molecule has 0 N–H and O–H groups in total. The fourth-order valence-corrected chi connectivity index (χ4v) is 2.62. The summed E-state index contributed by atoms with van der Waals surface area (Å²) in [5, 5.41) is 0. The van der Waals surface area contributed by atoms with Crippen LogP contribution >= 0.6 is 0 Å². The van der Waals surface area contributed by atoms with Crippen molar-refractivity contribution in [1.82, 2.24) is 0 Å². The molecule has 0 heterocycles. The predicted octanol–water partition coefficient (Wildman–Crippen LogP) is 7.68. The summed E-state index contributed by atoms with van der Waals surface area (Å²) in [5.41, 5.74) is 0. The van der Waals surface area contributed by atoms with E-state index in [1.54, 1.807) is 0 Å². The third-order valence-corrected chi connectivity index (χ3v) is 4.32. The number of ketones is 1. The van der Waals surface area contributed by atoms with Gasteiger partial charge in [-0.1, -0.05) is 81.5 Å². The molecule has 0 saturated heterocycles. The van der Waals surface area contributed by atoms with E-state index in [9.17, 15) is 4.79 Å². The van der Waals surface area contributed by atoms with Gasteiger partial charge in [0.1, 0.15) is 6.10 Å². The Kier molecular flexibility index (Phi) is 20.3. The summed E-state index contributed by atoms with van der Waals surface area (Å²) in [4.78, 5) is 11.6. The lowest BCUT2D eigenvalue weighted by Gasteiger charge is -2.13. The zero-order valence-electron chi connectivity index (χ0n) is 18.4. The summed E-state index contributed by atoms with van der Waals surface area (Å²) in [5.74, 6) is 0.223. The van der Waals surface area contributed by atoms with Crippen LogP contribution in [0.5, 0.6) is 0 Å². The molecule has 0 aromatic heterocycles. The molecule has 0 spiro atoms. The monoisotopic (exact) mass is 386 g/mol. The molecule has 1 unspecified atom stereocenters. The first kappa shape index (κ1) is 26.3. The Hall–Kier alpha value is -1.67. The molecule has 0 amide bonds. The number of unbranched alkanes of at least 4 members (excludes halogenated alkanes) is 2. The maximum absolute atomic E-state index is 11.6. The quantitative estimate of drug-likeness (QED) is 0.178. The molecule has 0 aliphatic heterocycles. The van der Waals surface area contributed by atoms with Crippen molar-refractivity contribution in [3.63, 3.8) is 0 Å². The van der Waals surface area contributed by atoms with Crippen LogP contribution in [0.2, 0.25) is 0 Å². The second kappa shape index (κ2) is 21.6. The zero-order chi connectivity index (χ0) is 20.7. The van der Waals surface area contributed by atoms with Gasteiger partial charge in [0.2, 0.25) is 0 Å². The lowest BCUT2D eigenvalue weighted by Crippen LogP contribution is -2.23. The van der Waals surface area contributed by atoms with Crippen molar-refractivity contribution in [2.24, 2.45) is 0 Å². The number of carbonyl (C=O) groups is 1. The molecule has 0 radical (unpaired) electrons. The number of carbonyl (C=O) groups excluding carboxylic acids is 1. The van der Waals surface area contributed by atoms with E-state index in [0.29, 0.717) is 13.0 Å². The maximum Gasteiger partial charge on any atom is 0.161 e. The van der Waals surface area contributed by atoms with Crippen LogP contribution in [-0.4, -0.2) is 18.5 Å². The van der Waals surface area contributed by atoms with E-state index in [1.165, 1.54) is 0 Å². The molecule has 1 atom stereocenters. The first-order valence-electron chi connectivity index (χ1n) is 11.1. The van der Waals surface area contributed by atoms with Crippen LogP contribution in [0.4, 0.5) is 0 Å². The average molecular weight is 387 g/mol. The standard InChI is InChI=1S/C26H42O2/c1-4-7-8-9-10-11-12-13-14-15-16-17-18-19-20-21-22-23-24-28-26(6-3)25(27)5-2/h7-8,10-11,13-14,16-17,19-20,26H,4-6,9,12,15,18,21-24H2,1-3H3/b8-7-,11-10-,14-13-,17-16-,20-19-. The van der Waals surface area contributed by atoms with Gasteiger partial charge in [-0.25, -0.2) is 0 Å². The van der Waals surface area contributed by atoms with Gasteiger partial charge in [0, 0.05) is 13.0 Å². The van der Waals surface area contributed by atoms with Crippen molar-refractivity contribution in [3.05, 3.63) is 60.8 Å². The zero-order valence-corrected chi connectivity index (χ0v) is 18.4. The third-order valence-electron chi connectivity index (χ3n) is 4.32. The molecule has 0 aliphatic rings. The molecule has 0 rings (SSSR count). The van der Waals surface area contributed by atoms with E-state index < -0.39 is 0 Å². The van der Waals surface area contributed by atoms with Gasteiger partial charge >= 0.3 is 0 Å². The molecule has 0 bridgehead atoms. The van der Waals surface area contributed by atoms with Gasteiger partial charge in [0.25, 0.3) is 0 Å². The van der Waals surface area contributed by atoms with Gasteiger partial charge in [0.05, 0.1) is 0 Å². The van der Waals surface area contributed by atoms with Crippen LogP contribution in [-0.2, 0) is 9.53 Å². The van der Waals surface area contributed by atoms with Gasteiger partial charge in [-0.2, -0.15) is 0 Å². The molecule has 0 fully saturated rings. The summed E-state index contributed by atoms with van der Waals surface area (Å²) >= 11 is 0. The Morgan fingerprint density at radius 2 is 1.21 bits per heavy atom. The number of rotatable bonds is 18. The second-order valence-corrected chi connectivity index (χ2v) is 6.79. The fraction of sp³-hybridized carbons (Fsp3) is 0.577. The van der Waals surface area contributed by atoms with E-state index in [1.807, 2.05) is 13.8 Å². The van der Waals surface area contributed by atoms with E-state index in [-0.39, 0.29) is 11.9 Å². The molecule has 0 saturated carbocycles. The van der Waals surface area contributed by atoms with E-state index >= 15 is 0 Å². The van der Waals surface area contributed by atoms with Crippen molar-refractivity contribution in [2.75, 3.05) is 6.61 Å². The minimum atomic E-state index is -0.196. The Bertz CT molecular complexity index is 495. The summed E-state index contributed by atoms with van der Waals surface area (Å²) < 4.78 is 5.67. The fourth-order valence-electron chi connectivity index (χ4n) is 2.62. The van der Waals surface area contributed by atoms with Crippen LogP contribution < -0.4 is 0 Å². The number of Topliss-reactive ketones (excluding diaryl/α,β-unsaturated/α-hetero) is 1. The topological polar surface area (TPSA) is 26.3 Å². The third kappa shape index (κ3) is 17.7. The van der Waals surface area contributed by atoms with Crippen LogP contribution in [0.1, 0.15) is 85.0 Å². The molecule has 0 aromatic carbocycles. The maximum atomic E-state index is 11.6. The summed E-state index contributed by atoms with van der Waals surface area (Å²) in [7, 11) is 0. The SMILES string of the molecule is CC/C=C\C/C=C\C/C=C\C/C=C\C/C=C\CCCCOC(CC)C(=O)CC. The number of hydrogen-bond acceptors (Lipinski definition) is 2. The highest BCUT2D eigenvalue weighted by Crippen LogP contribution is 2.06. The predicted molar refractivity (Wildman–Crippen MR) is 124 cm³/mol. The lowest BCUT2D eigenvalue weighted by atomic mass is 10.1. The molecule has 158 valence electrons. The molecule has 28 heavy (non-hydrogen) atoms. The average Bonchev–Trinajstić information content (AvgIpc) is 2.72. The minimum absolute atomic E-state index is 0.196. The summed E-state index contributed by atoms with van der Waals surface area (Å²) in [6, 6.07) is 0. The van der Waals surface area contributed by atoms with Crippen LogP contribution in [0, 0.1) is 0 Å². The summed E-state index contributed by atoms with van der Waals surface area (Å²) in [6.45, 7) is 6.75. The minimum Gasteiger partial charge on any atom is -0.370 e. The lowest BCUT2D eigenvalue weighted by molar-refractivity contribution is -0.130. The Morgan fingerprint density at radius 1 is 0.714 bits per heavy atom. The van der Waals surface area contributed by atoms with Gasteiger partial charge in [-0.05, 0) is 57.8 Å². The highest BCUT2D eigenvalue weighted by atomic mass is 16.5. The van der Waals surface area contributed by atoms with Crippen LogP contribution in [0.25, 0.3) is 0 Å². The van der Waals surface area contributed by atoms with E-state index in [0.717, 1.165) is 57.8 Å². The Balaban J connectivity index is 3.55. The Labute approximate surface area is 174 Å². The normalized spacial score (nSPS) is 13.8. The van der Waals surface area contributed by atoms with Crippen molar-refractivity contribution < 1.29 is 9.53 Å². The van der Waals surface area contributed by atoms with Crippen LogP contribution in [0.15, 0.2) is 60.8 Å². The molecule has 2 heteroatoms. The van der Waals surface area contributed by atoms with E-state index in [2.05, 4.69) is 67.7 Å². The van der Waals surface area contributed by atoms with Gasteiger partial charge in [-0.3, -0.25) is 4.79 Å². The molecule has 2 nitrogen and oxygen atoms in total. The number of hydrogen-bond donors (Lipinski definition) is 0. The first-order chi connectivity index (χ1) is 13.8. The van der Waals surface area contributed by atoms with Crippen molar-refractivity contribution >= 4 is 5.78 Å². The largest absolute Gasteiger partial charge is 0.370 e. The van der Waals surface area contributed by atoms with Crippen molar-refractivity contribution in [3.8, 4) is 0 Å². The smallest absolute Gasteiger partial charge is 0.161 e.